The number of carbonyl (C=O) groups is 2. The van der Waals surface area contributed by atoms with Crippen molar-refractivity contribution in [2.75, 3.05) is 17.7 Å². The van der Waals surface area contributed by atoms with E-state index in [-0.39, 0.29) is 23.9 Å². The van der Waals surface area contributed by atoms with E-state index in [1.165, 1.54) is 0 Å². The summed E-state index contributed by atoms with van der Waals surface area (Å²) in [4.78, 5) is 23.8. The Morgan fingerprint density at radius 2 is 1.82 bits per heavy atom. The Morgan fingerprint density at radius 1 is 1.14 bits per heavy atom. The molecule has 2 aliphatic carbocycles. The molecule has 6 nitrogen and oxygen atoms in total. The summed E-state index contributed by atoms with van der Waals surface area (Å²) in [5, 5.41) is 8.11. The van der Waals surface area contributed by atoms with Crippen LogP contribution in [0.25, 0.3) is 0 Å². The summed E-state index contributed by atoms with van der Waals surface area (Å²) in [5.41, 5.74) is 7.52. The Labute approximate surface area is 129 Å². The van der Waals surface area contributed by atoms with Crippen LogP contribution in [0.4, 0.5) is 16.2 Å². The van der Waals surface area contributed by atoms with E-state index in [1.807, 2.05) is 6.07 Å². The fourth-order valence-electron chi connectivity index (χ4n) is 3.82. The molecule has 118 valence electrons. The van der Waals surface area contributed by atoms with Gasteiger partial charge in [-0.1, -0.05) is 6.07 Å². The third kappa shape index (κ3) is 2.78. The predicted molar refractivity (Wildman–Crippen MR) is 85.4 cm³/mol. The molecule has 2 fully saturated rings. The van der Waals surface area contributed by atoms with Crippen LogP contribution in [-0.2, 0) is 4.79 Å². The summed E-state index contributed by atoms with van der Waals surface area (Å²) >= 11 is 0. The van der Waals surface area contributed by atoms with E-state index in [9.17, 15) is 9.59 Å². The third-order valence-electron chi connectivity index (χ3n) is 4.90. The topological polar surface area (TPSA) is 96.2 Å². The van der Waals surface area contributed by atoms with Gasteiger partial charge >= 0.3 is 6.03 Å². The van der Waals surface area contributed by atoms with Gasteiger partial charge in [0.15, 0.2) is 0 Å². The van der Waals surface area contributed by atoms with Crippen LogP contribution in [0.1, 0.15) is 19.3 Å². The molecule has 3 rings (SSSR count). The highest BCUT2D eigenvalue weighted by Gasteiger charge is 2.49. The summed E-state index contributed by atoms with van der Waals surface area (Å²) in [5.74, 6) is 0.834. The van der Waals surface area contributed by atoms with Crippen LogP contribution in [0.5, 0.6) is 0 Å². The number of nitrogens with one attached hydrogen (secondary N) is 3. The first kappa shape index (κ1) is 14.8. The van der Waals surface area contributed by atoms with Crippen LogP contribution in [0.3, 0.4) is 0 Å². The Bertz CT molecular complexity index is 587. The molecule has 2 bridgehead atoms. The molecular weight excluding hydrogens is 280 g/mol. The largest absolute Gasteiger partial charge is 0.341 e. The molecule has 2 saturated carbocycles. The number of urea groups is 1. The molecule has 0 radical (unpaired) electrons. The smallest absolute Gasteiger partial charge is 0.318 e. The second-order valence-electron chi connectivity index (χ2n) is 6.21. The quantitative estimate of drug-likeness (QED) is 0.685. The van der Waals surface area contributed by atoms with Gasteiger partial charge in [0.25, 0.3) is 0 Å². The lowest BCUT2D eigenvalue weighted by atomic mass is 9.84. The average molecular weight is 302 g/mol. The van der Waals surface area contributed by atoms with E-state index in [2.05, 4.69) is 16.0 Å². The molecule has 4 atom stereocenters. The van der Waals surface area contributed by atoms with Crippen molar-refractivity contribution >= 4 is 23.3 Å². The minimum absolute atomic E-state index is 0.00297. The molecule has 5 N–H and O–H groups in total. The molecular formula is C16H22N4O2. The van der Waals surface area contributed by atoms with Crippen LogP contribution in [-0.4, -0.2) is 25.0 Å². The van der Waals surface area contributed by atoms with Gasteiger partial charge in [-0.05, 0) is 49.3 Å². The van der Waals surface area contributed by atoms with Crippen LogP contribution < -0.4 is 21.7 Å². The number of fused-ring (bicyclic) bond motifs is 2. The molecule has 0 spiro atoms. The monoisotopic (exact) mass is 302 g/mol. The Hall–Kier alpha value is -2.08. The highest BCUT2D eigenvalue weighted by atomic mass is 16.2. The van der Waals surface area contributed by atoms with Crippen LogP contribution >= 0.6 is 0 Å². The van der Waals surface area contributed by atoms with E-state index < -0.39 is 0 Å². The maximum absolute atomic E-state index is 12.5. The first-order valence-corrected chi connectivity index (χ1v) is 7.73. The van der Waals surface area contributed by atoms with Gasteiger partial charge in [0.2, 0.25) is 5.91 Å². The number of amides is 3. The zero-order valence-corrected chi connectivity index (χ0v) is 12.6. The Morgan fingerprint density at radius 3 is 2.45 bits per heavy atom. The Kier molecular flexibility index (Phi) is 4.02. The van der Waals surface area contributed by atoms with Crippen molar-refractivity contribution in [1.29, 1.82) is 0 Å². The molecule has 0 saturated heterocycles. The lowest BCUT2D eigenvalue weighted by Crippen LogP contribution is -2.42. The van der Waals surface area contributed by atoms with Crippen molar-refractivity contribution in [3.63, 3.8) is 0 Å². The highest BCUT2D eigenvalue weighted by Crippen LogP contribution is 2.47. The molecule has 0 heterocycles. The molecule has 0 aliphatic heterocycles. The van der Waals surface area contributed by atoms with E-state index in [0.717, 1.165) is 19.3 Å². The number of hydrogen-bond donors (Lipinski definition) is 4. The lowest BCUT2D eigenvalue weighted by molar-refractivity contribution is -0.121. The van der Waals surface area contributed by atoms with Crippen LogP contribution in [0.15, 0.2) is 24.3 Å². The molecule has 2 aliphatic rings. The standard InChI is InChI=1S/C16H22N4O2/c1-18-16(22)20-12-4-2-3-11(8-12)19-15(21)13-9-5-6-10(7-9)14(13)17/h2-4,8-10,13-14H,5-7,17H2,1H3,(H,19,21)(H2,18,20,22). The lowest BCUT2D eigenvalue weighted by Gasteiger charge is -2.27. The maximum atomic E-state index is 12.5. The van der Waals surface area contributed by atoms with Gasteiger partial charge in [-0.2, -0.15) is 0 Å². The van der Waals surface area contributed by atoms with Crippen molar-refractivity contribution in [2.45, 2.75) is 25.3 Å². The van der Waals surface area contributed by atoms with E-state index in [1.54, 1.807) is 25.2 Å². The first-order valence-electron chi connectivity index (χ1n) is 7.73. The normalized spacial score (nSPS) is 29.2. The highest BCUT2D eigenvalue weighted by molar-refractivity contribution is 5.95. The van der Waals surface area contributed by atoms with Gasteiger partial charge in [-0.25, -0.2) is 4.79 Å². The zero-order chi connectivity index (χ0) is 15.7. The van der Waals surface area contributed by atoms with E-state index >= 15 is 0 Å². The van der Waals surface area contributed by atoms with Gasteiger partial charge in [-0.15, -0.1) is 0 Å². The maximum Gasteiger partial charge on any atom is 0.318 e. The molecule has 4 unspecified atom stereocenters. The SMILES string of the molecule is CNC(=O)Nc1cccc(NC(=O)C2C3CCC(C3)C2N)c1. The second kappa shape index (κ2) is 5.96. The first-order chi connectivity index (χ1) is 10.6. The minimum Gasteiger partial charge on any atom is -0.341 e. The summed E-state index contributed by atoms with van der Waals surface area (Å²) in [7, 11) is 1.55. The second-order valence-corrected chi connectivity index (χ2v) is 6.21. The van der Waals surface area contributed by atoms with E-state index in [0.29, 0.717) is 23.2 Å². The van der Waals surface area contributed by atoms with Gasteiger partial charge in [-0.3, -0.25) is 4.79 Å². The minimum atomic E-state index is -0.293. The predicted octanol–water partition coefficient (Wildman–Crippen LogP) is 1.75. The fourth-order valence-corrected chi connectivity index (χ4v) is 3.82. The van der Waals surface area contributed by atoms with Gasteiger partial charge in [0, 0.05) is 24.5 Å². The van der Waals surface area contributed by atoms with Crippen molar-refractivity contribution in [2.24, 2.45) is 23.5 Å². The number of carbonyl (C=O) groups excluding carboxylic acids is 2. The molecule has 1 aromatic rings. The fraction of sp³-hybridized carbons (Fsp3) is 0.500. The van der Waals surface area contributed by atoms with Crippen molar-refractivity contribution < 1.29 is 9.59 Å². The van der Waals surface area contributed by atoms with Gasteiger partial charge in [0.1, 0.15) is 0 Å². The van der Waals surface area contributed by atoms with Crippen molar-refractivity contribution in [1.82, 2.24) is 5.32 Å². The summed E-state index contributed by atoms with van der Waals surface area (Å²) < 4.78 is 0. The number of benzene rings is 1. The summed E-state index contributed by atoms with van der Waals surface area (Å²) in [6.07, 6.45) is 3.34. The molecule has 0 aromatic heterocycles. The zero-order valence-electron chi connectivity index (χ0n) is 12.6. The summed E-state index contributed by atoms with van der Waals surface area (Å²) in [6.45, 7) is 0. The molecule has 3 amide bonds. The van der Waals surface area contributed by atoms with E-state index in [4.69, 9.17) is 5.73 Å². The molecule has 1 aromatic carbocycles. The number of hydrogen-bond acceptors (Lipinski definition) is 3. The number of rotatable bonds is 3. The average Bonchev–Trinajstić information content (AvgIpc) is 3.08. The third-order valence-corrected chi connectivity index (χ3v) is 4.90. The van der Waals surface area contributed by atoms with Crippen LogP contribution in [0.2, 0.25) is 0 Å². The van der Waals surface area contributed by atoms with Crippen molar-refractivity contribution in [3.8, 4) is 0 Å². The van der Waals surface area contributed by atoms with Gasteiger partial charge < -0.3 is 21.7 Å². The van der Waals surface area contributed by atoms with Crippen molar-refractivity contribution in [3.05, 3.63) is 24.3 Å². The Balaban J connectivity index is 1.67. The molecule has 22 heavy (non-hydrogen) atoms. The molecule has 6 heteroatoms. The summed E-state index contributed by atoms with van der Waals surface area (Å²) in [6, 6.07) is 6.80. The number of anilines is 2. The van der Waals surface area contributed by atoms with Gasteiger partial charge in [0.05, 0.1) is 5.92 Å². The number of nitrogens with two attached hydrogens (primary N) is 1. The van der Waals surface area contributed by atoms with Crippen LogP contribution in [0, 0.1) is 17.8 Å².